The summed E-state index contributed by atoms with van der Waals surface area (Å²) in [4.78, 5) is 39.1. The van der Waals surface area contributed by atoms with Crippen LogP contribution in [0.15, 0.2) is 22.8 Å². The van der Waals surface area contributed by atoms with E-state index in [0.717, 1.165) is 31.2 Å². The van der Waals surface area contributed by atoms with Crippen molar-refractivity contribution in [3.05, 3.63) is 46.2 Å². The molecule has 1 saturated heterocycles. The lowest BCUT2D eigenvalue weighted by Gasteiger charge is -2.38. The van der Waals surface area contributed by atoms with Gasteiger partial charge in [-0.15, -0.1) is 0 Å². The van der Waals surface area contributed by atoms with Gasteiger partial charge in [-0.05, 0) is 55.6 Å². The minimum atomic E-state index is -0.543. The lowest BCUT2D eigenvalue weighted by Crippen LogP contribution is -2.32. The second kappa shape index (κ2) is 9.23. The van der Waals surface area contributed by atoms with E-state index in [4.69, 9.17) is 9.15 Å². The number of unbranched alkanes of at least 4 members (excludes halogenated alkanes) is 1. The number of hydrogen-bond donors (Lipinski definition) is 0. The van der Waals surface area contributed by atoms with Crippen LogP contribution >= 0.6 is 21.6 Å². The number of ketones is 2. The molecular formula is C27H30O5S2. The molecule has 0 bridgehead atoms. The van der Waals surface area contributed by atoms with Gasteiger partial charge < -0.3 is 9.15 Å². The highest BCUT2D eigenvalue weighted by molar-refractivity contribution is 8.77. The summed E-state index contributed by atoms with van der Waals surface area (Å²) in [6, 6.07) is 3.89. The van der Waals surface area contributed by atoms with Gasteiger partial charge in [0.15, 0.2) is 0 Å². The van der Waals surface area contributed by atoms with Crippen molar-refractivity contribution in [2.75, 3.05) is 5.75 Å². The normalized spacial score (nSPS) is 22.8. The van der Waals surface area contributed by atoms with Crippen LogP contribution in [0.4, 0.5) is 0 Å². The minimum absolute atomic E-state index is 0.188. The van der Waals surface area contributed by atoms with E-state index in [1.54, 1.807) is 6.92 Å². The monoisotopic (exact) mass is 498 g/mol. The van der Waals surface area contributed by atoms with Crippen molar-refractivity contribution in [2.45, 2.75) is 82.5 Å². The first-order valence-corrected chi connectivity index (χ1v) is 14.5. The van der Waals surface area contributed by atoms with Gasteiger partial charge in [0.05, 0.1) is 11.8 Å². The highest BCUT2D eigenvalue weighted by Crippen LogP contribution is 2.49. The summed E-state index contributed by atoms with van der Waals surface area (Å²) in [5.74, 6) is 0.356. The second-order valence-electron chi connectivity index (χ2n) is 10.2. The Bertz CT molecular complexity index is 1160. The van der Waals surface area contributed by atoms with Gasteiger partial charge >= 0.3 is 5.97 Å². The molecule has 3 aliphatic rings. The Labute approximate surface area is 208 Å². The molecule has 0 saturated carbocycles. The molecule has 1 aromatic carbocycles. The third-order valence-electron chi connectivity index (χ3n) is 7.37. The van der Waals surface area contributed by atoms with Gasteiger partial charge in [0.25, 0.3) is 0 Å². The summed E-state index contributed by atoms with van der Waals surface area (Å²) in [6.45, 7) is 6.04. The summed E-state index contributed by atoms with van der Waals surface area (Å²) in [7, 11) is 3.90. The fraction of sp³-hybridized carbons (Fsp3) is 0.519. The van der Waals surface area contributed by atoms with Crippen LogP contribution in [0.25, 0.3) is 11.3 Å². The zero-order chi connectivity index (χ0) is 24.0. The lowest BCUT2D eigenvalue weighted by molar-refractivity contribution is -0.150. The Morgan fingerprint density at radius 3 is 2.71 bits per heavy atom. The average molecular weight is 499 g/mol. The Balaban J connectivity index is 1.41. The summed E-state index contributed by atoms with van der Waals surface area (Å²) in [6.07, 6.45) is 7.06. The van der Waals surface area contributed by atoms with Crippen molar-refractivity contribution in [3.63, 3.8) is 0 Å². The first-order valence-electron chi connectivity index (χ1n) is 12.1. The number of benzene rings is 1. The number of fused-ring (bicyclic) bond motifs is 5. The average Bonchev–Trinajstić information content (AvgIpc) is 3.46. The molecule has 1 aliphatic heterocycles. The molecule has 180 valence electrons. The molecule has 2 aromatic rings. The smallest absolute Gasteiger partial charge is 0.306 e. The van der Waals surface area contributed by atoms with Crippen LogP contribution in [0.3, 0.4) is 0 Å². The Morgan fingerprint density at radius 1 is 1.15 bits per heavy atom. The van der Waals surface area contributed by atoms with Gasteiger partial charge in [-0.1, -0.05) is 54.0 Å². The molecule has 2 unspecified atom stereocenters. The van der Waals surface area contributed by atoms with Gasteiger partial charge in [-0.3, -0.25) is 14.4 Å². The molecule has 34 heavy (non-hydrogen) atoms. The molecule has 2 atom stereocenters. The van der Waals surface area contributed by atoms with Crippen molar-refractivity contribution in [3.8, 4) is 11.3 Å². The topological polar surface area (TPSA) is 73.6 Å². The second-order valence-corrected chi connectivity index (χ2v) is 13.0. The standard InChI is InChI=1S/C27H30O5S2/c1-15-14-31-26-17-8-9-18-23(22(17)25(30)24(29)21(15)26)19(10-12-27(18,2)3)32-20(28)7-5-4-6-16-11-13-33-34-16/h8-9,14,16,19H,4-7,10-13H2,1-3H3. The van der Waals surface area contributed by atoms with E-state index in [9.17, 15) is 14.4 Å². The van der Waals surface area contributed by atoms with Crippen molar-refractivity contribution >= 4 is 39.1 Å². The summed E-state index contributed by atoms with van der Waals surface area (Å²) in [5.41, 5.74) is 3.46. The van der Waals surface area contributed by atoms with E-state index in [2.05, 4.69) is 13.8 Å². The number of carbonyl (C=O) groups excluding carboxylic acids is 3. The van der Waals surface area contributed by atoms with Crippen LogP contribution in [0.1, 0.15) is 102 Å². The molecule has 1 aromatic heterocycles. The highest BCUT2D eigenvalue weighted by atomic mass is 33.1. The molecule has 2 aliphatic carbocycles. The maximum atomic E-state index is 13.3. The number of carbonyl (C=O) groups is 3. The van der Waals surface area contributed by atoms with Crippen molar-refractivity contribution in [2.24, 2.45) is 0 Å². The van der Waals surface area contributed by atoms with Gasteiger partial charge in [0, 0.05) is 34.1 Å². The first kappa shape index (κ1) is 23.7. The van der Waals surface area contributed by atoms with Gasteiger partial charge in [0.1, 0.15) is 11.9 Å². The molecule has 7 heteroatoms. The van der Waals surface area contributed by atoms with Crippen LogP contribution in [-0.4, -0.2) is 28.5 Å². The molecule has 0 N–H and O–H groups in total. The van der Waals surface area contributed by atoms with Crippen molar-refractivity contribution in [1.29, 1.82) is 0 Å². The van der Waals surface area contributed by atoms with Crippen LogP contribution in [0.2, 0.25) is 0 Å². The molecule has 0 spiro atoms. The number of rotatable bonds is 6. The van der Waals surface area contributed by atoms with E-state index in [1.165, 1.54) is 18.4 Å². The zero-order valence-corrected chi connectivity index (χ0v) is 21.5. The molecule has 0 amide bonds. The van der Waals surface area contributed by atoms with Crippen LogP contribution in [-0.2, 0) is 14.9 Å². The summed E-state index contributed by atoms with van der Waals surface area (Å²) < 4.78 is 11.7. The number of ether oxygens (including phenoxy) is 1. The maximum Gasteiger partial charge on any atom is 0.306 e. The van der Waals surface area contributed by atoms with Crippen LogP contribution < -0.4 is 0 Å². The number of Topliss-reactive ketones (excluding diaryl/α,β-unsaturated/α-hetero) is 2. The quantitative estimate of drug-likeness (QED) is 0.184. The summed E-state index contributed by atoms with van der Waals surface area (Å²) in [5, 5.41) is 0.707. The van der Waals surface area contributed by atoms with Gasteiger partial charge in [-0.2, -0.15) is 0 Å². The van der Waals surface area contributed by atoms with E-state index in [0.29, 0.717) is 51.7 Å². The molecule has 5 nitrogen and oxygen atoms in total. The number of aryl methyl sites for hydroxylation is 1. The SMILES string of the molecule is Cc1coc2c1C(=O)C(=O)c1c-2ccc2c1C(OC(=O)CCCCC1CCSS1)CCC2(C)C. The van der Waals surface area contributed by atoms with E-state index in [-0.39, 0.29) is 11.4 Å². The Kier molecular flexibility index (Phi) is 6.44. The number of hydrogen-bond acceptors (Lipinski definition) is 7. The predicted molar refractivity (Wildman–Crippen MR) is 136 cm³/mol. The lowest BCUT2D eigenvalue weighted by atomic mass is 9.68. The largest absolute Gasteiger partial charge is 0.463 e. The zero-order valence-electron chi connectivity index (χ0n) is 19.9. The maximum absolute atomic E-state index is 13.3. The number of furan rings is 1. The van der Waals surface area contributed by atoms with Gasteiger partial charge in [-0.25, -0.2) is 0 Å². The van der Waals surface area contributed by atoms with Gasteiger partial charge in [0.2, 0.25) is 11.6 Å². The molecule has 1 fully saturated rings. The third kappa shape index (κ3) is 4.15. The van der Waals surface area contributed by atoms with Crippen molar-refractivity contribution in [1.82, 2.24) is 0 Å². The summed E-state index contributed by atoms with van der Waals surface area (Å²) >= 11 is 0. The Hall–Kier alpha value is -1.99. The molecule has 0 radical (unpaired) electrons. The third-order valence-corrected chi connectivity index (χ3v) is 10.4. The first-order chi connectivity index (χ1) is 16.3. The van der Waals surface area contributed by atoms with Crippen molar-refractivity contribution < 1.29 is 23.5 Å². The minimum Gasteiger partial charge on any atom is -0.463 e. The molecular weight excluding hydrogens is 468 g/mol. The van der Waals surface area contributed by atoms with Crippen LogP contribution in [0.5, 0.6) is 0 Å². The fourth-order valence-electron chi connectivity index (χ4n) is 5.44. The highest BCUT2D eigenvalue weighted by Gasteiger charge is 2.43. The van der Waals surface area contributed by atoms with E-state index >= 15 is 0 Å². The van der Waals surface area contributed by atoms with E-state index in [1.807, 2.05) is 33.7 Å². The Morgan fingerprint density at radius 2 is 1.94 bits per heavy atom. The fourth-order valence-corrected chi connectivity index (χ4v) is 8.47. The van der Waals surface area contributed by atoms with E-state index < -0.39 is 17.7 Å². The number of esters is 1. The predicted octanol–water partition coefficient (Wildman–Crippen LogP) is 7.00. The molecule has 5 rings (SSSR count). The molecule has 2 heterocycles. The van der Waals surface area contributed by atoms with Crippen LogP contribution in [0, 0.1) is 6.92 Å².